The molecule has 5 aromatic carbocycles. The first-order chi connectivity index (χ1) is 18.9. The van der Waals surface area contributed by atoms with Crippen LogP contribution in [0.5, 0.6) is 0 Å². The van der Waals surface area contributed by atoms with Gasteiger partial charge in [-0.1, -0.05) is 81.5 Å². The van der Waals surface area contributed by atoms with Crippen LogP contribution in [0.3, 0.4) is 0 Å². The standard InChI is InChI=1S/C32H23B2F2N3/c1-17-14-28-24(16-23(17)33-22-9-5-8-21-20-7-3-4-12-27(20)38-31(21)22)34-30-18(2)13-19(37)15-29(30)39(28)32-25(35)10-6-11-26(32)36/h3-16,38H,37H2,1-2H3. The third-order valence-electron chi connectivity index (χ3n) is 7.63. The van der Waals surface area contributed by atoms with Crippen LogP contribution in [0.1, 0.15) is 11.1 Å². The van der Waals surface area contributed by atoms with Gasteiger partial charge in [-0.3, -0.25) is 0 Å². The maximum absolute atomic E-state index is 15.2. The molecular weight excluding hydrogens is 486 g/mol. The van der Waals surface area contributed by atoms with Gasteiger partial charge in [-0.05, 0) is 50.2 Å². The molecule has 2 heterocycles. The van der Waals surface area contributed by atoms with E-state index in [0.717, 1.165) is 44.0 Å². The molecule has 0 fully saturated rings. The minimum Gasteiger partial charge on any atom is -0.399 e. The van der Waals surface area contributed by atoms with Crippen molar-refractivity contribution < 1.29 is 8.78 Å². The highest BCUT2D eigenvalue weighted by Gasteiger charge is 2.30. The van der Waals surface area contributed by atoms with Gasteiger partial charge in [0.15, 0.2) is 14.6 Å². The molecule has 186 valence electrons. The molecule has 3 N–H and O–H groups in total. The predicted molar refractivity (Wildman–Crippen MR) is 161 cm³/mol. The molecule has 6 aromatic rings. The van der Waals surface area contributed by atoms with E-state index < -0.39 is 11.6 Å². The first-order valence-electron chi connectivity index (χ1n) is 12.9. The lowest BCUT2D eigenvalue weighted by Gasteiger charge is -2.35. The van der Waals surface area contributed by atoms with Crippen molar-refractivity contribution in [3.05, 3.63) is 108 Å². The fraction of sp³-hybridized carbons (Fsp3) is 0.0625. The van der Waals surface area contributed by atoms with E-state index in [0.29, 0.717) is 17.1 Å². The van der Waals surface area contributed by atoms with Gasteiger partial charge in [0.1, 0.15) is 17.3 Å². The van der Waals surface area contributed by atoms with Crippen molar-refractivity contribution in [3.8, 4) is 0 Å². The van der Waals surface area contributed by atoms with Crippen molar-refractivity contribution in [3.63, 3.8) is 0 Å². The second kappa shape index (κ2) is 8.77. The van der Waals surface area contributed by atoms with Gasteiger partial charge in [0, 0.05) is 38.9 Å². The quantitative estimate of drug-likeness (QED) is 0.263. The van der Waals surface area contributed by atoms with Gasteiger partial charge in [-0.15, -0.1) is 0 Å². The number of hydrogen-bond acceptors (Lipinski definition) is 2. The summed E-state index contributed by atoms with van der Waals surface area (Å²) in [6.07, 6.45) is 0. The molecular formula is C32H23B2F2N3. The molecule has 39 heavy (non-hydrogen) atoms. The molecule has 0 aliphatic carbocycles. The monoisotopic (exact) mass is 509 g/mol. The van der Waals surface area contributed by atoms with E-state index in [9.17, 15) is 0 Å². The van der Waals surface area contributed by atoms with E-state index in [2.05, 4.69) is 55.9 Å². The zero-order valence-corrected chi connectivity index (χ0v) is 21.5. The summed E-state index contributed by atoms with van der Waals surface area (Å²) in [7, 11) is 4.25. The number of aryl methyl sites for hydroxylation is 2. The number of nitrogens with zero attached hydrogens (tertiary/aromatic N) is 1. The number of hydrogen-bond donors (Lipinski definition) is 2. The average molecular weight is 509 g/mol. The molecule has 0 spiro atoms. The Morgan fingerprint density at radius 1 is 0.769 bits per heavy atom. The van der Waals surface area contributed by atoms with Gasteiger partial charge in [-0.25, -0.2) is 8.78 Å². The normalized spacial score (nSPS) is 12.4. The molecule has 0 unspecified atom stereocenters. The molecule has 1 aliphatic rings. The lowest BCUT2D eigenvalue weighted by Crippen LogP contribution is -2.44. The highest BCUT2D eigenvalue weighted by Crippen LogP contribution is 2.39. The van der Waals surface area contributed by atoms with E-state index in [1.165, 1.54) is 29.0 Å². The molecule has 1 aromatic heterocycles. The van der Waals surface area contributed by atoms with E-state index in [1.54, 1.807) is 11.0 Å². The van der Waals surface area contributed by atoms with Crippen molar-refractivity contribution in [2.75, 3.05) is 10.6 Å². The number of anilines is 4. The average Bonchev–Trinajstić information content (AvgIpc) is 3.29. The Morgan fingerprint density at radius 2 is 1.51 bits per heavy atom. The van der Waals surface area contributed by atoms with E-state index in [1.807, 2.05) is 38.1 Å². The number of benzene rings is 5. The van der Waals surface area contributed by atoms with Crippen LogP contribution in [-0.4, -0.2) is 19.5 Å². The van der Waals surface area contributed by atoms with Crippen molar-refractivity contribution in [2.45, 2.75) is 13.8 Å². The third kappa shape index (κ3) is 3.72. The summed E-state index contributed by atoms with van der Waals surface area (Å²) >= 11 is 0. The molecule has 1 aliphatic heterocycles. The molecule has 3 nitrogen and oxygen atoms in total. The summed E-state index contributed by atoms with van der Waals surface area (Å²) in [5, 5.41) is 2.36. The fourth-order valence-corrected chi connectivity index (χ4v) is 5.78. The van der Waals surface area contributed by atoms with Crippen LogP contribution < -0.4 is 32.5 Å². The zero-order valence-electron chi connectivity index (χ0n) is 21.5. The maximum Gasteiger partial charge on any atom is 0.197 e. The first kappa shape index (κ1) is 23.6. The van der Waals surface area contributed by atoms with E-state index >= 15 is 8.78 Å². The predicted octanol–water partition coefficient (Wildman–Crippen LogP) is 4.89. The molecule has 0 bridgehead atoms. The van der Waals surface area contributed by atoms with Gasteiger partial charge < -0.3 is 15.6 Å². The molecule has 0 saturated heterocycles. The largest absolute Gasteiger partial charge is 0.399 e. The summed E-state index contributed by atoms with van der Waals surface area (Å²) in [6.45, 7) is 3.98. The number of fused-ring (bicyclic) bond motifs is 5. The Balaban J connectivity index is 1.40. The van der Waals surface area contributed by atoms with Crippen molar-refractivity contribution in [1.82, 2.24) is 4.98 Å². The summed E-state index contributed by atoms with van der Waals surface area (Å²) < 4.78 is 30.4. The number of aromatic nitrogens is 1. The van der Waals surface area contributed by atoms with Crippen molar-refractivity contribution in [1.29, 1.82) is 0 Å². The number of nitrogens with two attached hydrogens (primary N) is 1. The fourth-order valence-electron chi connectivity index (χ4n) is 5.78. The summed E-state index contributed by atoms with van der Waals surface area (Å²) in [4.78, 5) is 5.23. The van der Waals surface area contributed by atoms with Crippen LogP contribution in [0.25, 0.3) is 21.8 Å². The summed E-state index contributed by atoms with van der Waals surface area (Å²) in [5.74, 6) is -1.26. The van der Waals surface area contributed by atoms with Gasteiger partial charge in [-0.2, -0.15) is 0 Å². The number of halogens is 2. The SMILES string of the molecule is Cc1cc2c(cc1[B]c1cccc3c1[nH]c1ccccc13)[B]c1c(C)cc(N)cc1N2c1c(F)cccc1F. The number of aromatic amines is 1. The lowest BCUT2D eigenvalue weighted by atomic mass is 9.55. The van der Waals surface area contributed by atoms with Crippen molar-refractivity contribution >= 4 is 81.0 Å². The van der Waals surface area contributed by atoms with E-state index in [4.69, 9.17) is 5.73 Å². The Bertz CT molecular complexity index is 1930. The minimum atomic E-state index is -0.632. The van der Waals surface area contributed by atoms with Crippen LogP contribution >= 0.6 is 0 Å². The molecule has 0 saturated carbocycles. The molecule has 7 heteroatoms. The highest BCUT2D eigenvalue weighted by atomic mass is 19.1. The Hall–Kier alpha value is -4.51. The van der Waals surface area contributed by atoms with Gasteiger partial charge >= 0.3 is 0 Å². The van der Waals surface area contributed by atoms with Crippen LogP contribution in [0, 0.1) is 25.5 Å². The Morgan fingerprint density at radius 3 is 2.33 bits per heavy atom. The second-order valence-electron chi connectivity index (χ2n) is 10.2. The zero-order chi connectivity index (χ0) is 26.8. The van der Waals surface area contributed by atoms with Crippen LogP contribution in [0.15, 0.2) is 84.9 Å². The Kier molecular flexibility index (Phi) is 5.31. The van der Waals surface area contributed by atoms with Gasteiger partial charge in [0.05, 0.1) is 0 Å². The maximum atomic E-state index is 15.2. The molecule has 0 amide bonds. The van der Waals surface area contributed by atoms with Crippen LogP contribution in [-0.2, 0) is 0 Å². The number of rotatable bonds is 3. The van der Waals surface area contributed by atoms with Gasteiger partial charge in [0.25, 0.3) is 0 Å². The first-order valence-corrected chi connectivity index (χ1v) is 12.9. The van der Waals surface area contributed by atoms with Gasteiger partial charge in [0.2, 0.25) is 0 Å². The van der Waals surface area contributed by atoms with E-state index in [-0.39, 0.29) is 5.69 Å². The molecule has 2 radical (unpaired) electrons. The molecule has 7 rings (SSSR count). The number of nitrogens with one attached hydrogen (secondary N) is 1. The highest BCUT2D eigenvalue weighted by molar-refractivity contribution is 6.75. The van der Waals surface area contributed by atoms with Crippen LogP contribution in [0.2, 0.25) is 0 Å². The smallest absolute Gasteiger partial charge is 0.197 e. The summed E-state index contributed by atoms with van der Waals surface area (Å²) in [6, 6.07) is 26.3. The van der Waals surface area contributed by atoms with Crippen LogP contribution in [0.4, 0.5) is 31.5 Å². The molecule has 0 atom stereocenters. The second-order valence-corrected chi connectivity index (χ2v) is 10.2. The Labute approximate surface area is 226 Å². The number of nitrogen functional groups attached to an aromatic ring is 1. The number of H-pyrrole nitrogens is 1. The minimum absolute atomic E-state index is 0.114. The third-order valence-corrected chi connectivity index (χ3v) is 7.63. The summed E-state index contributed by atoms with van der Waals surface area (Å²) in [5.41, 5.74) is 15.9. The van der Waals surface area contributed by atoms with Crippen molar-refractivity contribution in [2.24, 2.45) is 0 Å². The number of para-hydroxylation sites is 3. The topological polar surface area (TPSA) is 45.1 Å². The lowest BCUT2D eigenvalue weighted by molar-refractivity contribution is 0.586.